The number of rotatable bonds is 5. The Morgan fingerprint density at radius 1 is 1.05 bits per heavy atom. The van der Waals surface area contributed by atoms with Crippen LogP contribution in [-0.4, -0.2) is 7.05 Å². The fourth-order valence-electron chi connectivity index (χ4n) is 1.83. The van der Waals surface area contributed by atoms with Crippen LogP contribution < -0.4 is 10.1 Å². The number of hydrogen-bond acceptors (Lipinski definition) is 2. The Hall–Kier alpha value is -1.29. The molecule has 0 bridgehead atoms. The Morgan fingerprint density at radius 3 is 2.40 bits per heavy atom. The number of benzene rings is 2. The minimum absolute atomic E-state index is 0.116. The molecule has 0 saturated carbocycles. The fourth-order valence-corrected chi connectivity index (χ4v) is 2.22. The zero-order valence-corrected chi connectivity index (χ0v) is 12.4. The lowest BCUT2D eigenvalue weighted by Gasteiger charge is -2.12. The summed E-state index contributed by atoms with van der Waals surface area (Å²) in [4.78, 5) is 0. The van der Waals surface area contributed by atoms with Crippen LogP contribution in [0.2, 0.25) is 10.0 Å². The molecule has 0 aromatic heterocycles. The van der Waals surface area contributed by atoms with Crippen LogP contribution in [0.1, 0.15) is 11.1 Å². The third kappa shape index (κ3) is 3.85. The summed E-state index contributed by atoms with van der Waals surface area (Å²) in [7, 11) is 1.83. The molecule has 2 nitrogen and oxygen atoms in total. The Morgan fingerprint density at radius 2 is 1.70 bits per heavy atom. The lowest BCUT2D eigenvalue weighted by molar-refractivity contribution is 0.296. The van der Waals surface area contributed by atoms with Gasteiger partial charge in [-0.15, -0.1) is 0 Å². The summed E-state index contributed by atoms with van der Waals surface area (Å²) in [6, 6.07) is 9.74. The monoisotopic (exact) mass is 313 g/mol. The molecular weight excluding hydrogens is 300 g/mol. The maximum atomic E-state index is 13.6. The van der Waals surface area contributed by atoms with Crippen LogP contribution in [0.15, 0.2) is 36.4 Å². The van der Waals surface area contributed by atoms with Gasteiger partial charge in [-0.05, 0) is 43.4 Å². The van der Waals surface area contributed by atoms with Crippen molar-refractivity contribution in [2.75, 3.05) is 7.05 Å². The molecule has 0 unspecified atom stereocenters. The van der Waals surface area contributed by atoms with Crippen LogP contribution in [-0.2, 0) is 13.2 Å². The van der Waals surface area contributed by atoms with Crippen LogP contribution in [0.5, 0.6) is 5.75 Å². The van der Waals surface area contributed by atoms with Crippen molar-refractivity contribution in [2.45, 2.75) is 13.2 Å². The van der Waals surface area contributed by atoms with E-state index in [0.717, 1.165) is 5.56 Å². The van der Waals surface area contributed by atoms with Crippen molar-refractivity contribution < 1.29 is 9.13 Å². The van der Waals surface area contributed by atoms with Crippen LogP contribution in [0.3, 0.4) is 0 Å². The van der Waals surface area contributed by atoms with Crippen LogP contribution >= 0.6 is 23.2 Å². The molecule has 0 spiro atoms. The molecule has 1 N–H and O–H groups in total. The van der Waals surface area contributed by atoms with Gasteiger partial charge >= 0.3 is 0 Å². The van der Waals surface area contributed by atoms with Gasteiger partial charge in [0.25, 0.3) is 0 Å². The smallest absolute Gasteiger partial charge is 0.129 e. The Bertz CT molecular complexity index is 604. The minimum Gasteiger partial charge on any atom is -0.488 e. The third-order valence-corrected chi connectivity index (χ3v) is 3.25. The maximum absolute atomic E-state index is 13.6. The Labute approximate surface area is 127 Å². The average molecular weight is 314 g/mol. The van der Waals surface area contributed by atoms with Gasteiger partial charge < -0.3 is 10.1 Å². The van der Waals surface area contributed by atoms with Crippen molar-refractivity contribution >= 4 is 23.2 Å². The summed E-state index contributed by atoms with van der Waals surface area (Å²) in [6.45, 7) is 0.735. The first-order valence-corrected chi connectivity index (χ1v) is 6.85. The third-order valence-electron chi connectivity index (χ3n) is 2.78. The lowest BCUT2D eigenvalue weighted by atomic mass is 10.2. The van der Waals surface area contributed by atoms with E-state index in [9.17, 15) is 4.39 Å². The second-order valence-corrected chi connectivity index (χ2v) is 5.18. The molecule has 20 heavy (non-hydrogen) atoms. The summed E-state index contributed by atoms with van der Waals surface area (Å²) in [5, 5.41) is 4.16. The summed E-state index contributed by atoms with van der Waals surface area (Å²) in [6.07, 6.45) is 0. The van der Waals surface area contributed by atoms with Crippen molar-refractivity contribution in [3.63, 3.8) is 0 Å². The highest BCUT2D eigenvalue weighted by Crippen LogP contribution is 2.24. The molecular formula is C15H14Cl2FNO. The molecule has 106 valence electrons. The van der Waals surface area contributed by atoms with E-state index in [4.69, 9.17) is 27.9 Å². The first-order chi connectivity index (χ1) is 9.60. The van der Waals surface area contributed by atoms with Gasteiger partial charge in [-0.3, -0.25) is 0 Å². The predicted molar refractivity (Wildman–Crippen MR) is 80.0 cm³/mol. The highest BCUT2D eigenvalue weighted by molar-refractivity contribution is 6.30. The van der Waals surface area contributed by atoms with Gasteiger partial charge in [0.2, 0.25) is 0 Å². The van der Waals surface area contributed by atoms with Gasteiger partial charge in [-0.2, -0.15) is 0 Å². The van der Waals surface area contributed by atoms with Gasteiger partial charge in [0, 0.05) is 27.7 Å². The summed E-state index contributed by atoms with van der Waals surface area (Å²) in [5.74, 6) is 0.335. The van der Waals surface area contributed by atoms with Gasteiger partial charge in [-0.1, -0.05) is 23.2 Å². The van der Waals surface area contributed by atoms with Crippen molar-refractivity contribution in [1.29, 1.82) is 0 Å². The Kier molecular flexibility index (Phi) is 5.24. The summed E-state index contributed by atoms with van der Waals surface area (Å²) < 4.78 is 19.3. The molecule has 0 fully saturated rings. The van der Waals surface area contributed by atoms with Crippen LogP contribution in [0.25, 0.3) is 0 Å². The van der Waals surface area contributed by atoms with E-state index in [1.807, 2.05) is 13.1 Å². The van der Waals surface area contributed by atoms with Gasteiger partial charge in [0.15, 0.2) is 0 Å². The van der Waals surface area contributed by atoms with E-state index < -0.39 is 0 Å². The fraction of sp³-hybridized carbons (Fsp3) is 0.200. The summed E-state index contributed by atoms with van der Waals surface area (Å²) >= 11 is 11.8. The van der Waals surface area contributed by atoms with Crippen molar-refractivity contribution in [2.24, 2.45) is 0 Å². The van der Waals surface area contributed by atoms with E-state index in [1.54, 1.807) is 18.2 Å². The van der Waals surface area contributed by atoms with Crippen molar-refractivity contribution in [1.82, 2.24) is 5.32 Å². The zero-order valence-electron chi connectivity index (χ0n) is 10.9. The number of nitrogens with one attached hydrogen (secondary N) is 1. The van der Waals surface area contributed by atoms with E-state index in [0.29, 0.717) is 27.9 Å². The molecule has 0 saturated heterocycles. The topological polar surface area (TPSA) is 21.3 Å². The highest BCUT2D eigenvalue weighted by atomic mass is 35.5. The quantitative estimate of drug-likeness (QED) is 0.881. The molecule has 2 aromatic rings. The molecule has 5 heteroatoms. The van der Waals surface area contributed by atoms with Crippen LogP contribution in [0, 0.1) is 5.82 Å². The van der Waals surface area contributed by atoms with E-state index in [-0.39, 0.29) is 12.4 Å². The second-order valence-electron chi connectivity index (χ2n) is 4.31. The standard InChI is InChI=1S/C15H14Cl2FNO/c1-19-8-10-6-13(17)3-5-15(10)20-9-11-7-12(16)2-4-14(11)18/h2-7,19H,8-9H2,1H3. The largest absolute Gasteiger partial charge is 0.488 e. The number of ether oxygens (including phenoxy) is 1. The van der Waals surface area contributed by atoms with Crippen LogP contribution in [0.4, 0.5) is 4.39 Å². The van der Waals surface area contributed by atoms with Gasteiger partial charge in [0.05, 0.1) is 0 Å². The lowest BCUT2D eigenvalue weighted by Crippen LogP contribution is -2.08. The second kappa shape index (κ2) is 6.93. The molecule has 0 aliphatic rings. The maximum Gasteiger partial charge on any atom is 0.129 e. The van der Waals surface area contributed by atoms with Crippen molar-refractivity contribution in [3.8, 4) is 5.75 Å². The van der Waals surface area contributed by atoms with Gasteiger partial charge in [0.1, 0.15) is 18.2 Å². The van der Waals surface area contributed by atoms with E-state index in [2.05, 4.69) is 5.32 Å². The van der Waals surface area contributed by atoms with Gasteiger partial charge in [-0.25, -0.2) is 4.39 Å². The molecule has 0 amide bonds. The van der Waals surface area contributed by atoms with Crippen molar-refractivity contribution in [3.05, 3.63) is 63.4 Å². The molecule has 0 radical (unpaired) electrons. The summed E-state index contributed by atoms with van der Waals surface area (Å²) in [5.41, 5.74) is 1.34. The molecule has 0 heterocycles. The Balaban J connectivity index is 2.16. The highest BCUT2D eigenvalue weighted by Gasteiger charge is 2.07. The minimum atomic E-state index is -0.335. The normalized spacial score (nSPS) is 10.6. The van der Waals surface area contributed by atoms with E-state index in [1.165, 1.54) is 12.1 Å². The molecule has 0 aliphatic heterocycles. The van der Waals surface area contributed by atoms with E-state index >= 15 is 0 Å². The zero-order chi connectivity index (χ0) is 14.5. The first-order valence-electron chi connectivity index (χ1n) is 6.10. The molecule has 2 aromatic carbocycles. The number of hydrogen-bond donors (Lipinski definition) is 1. The molecule has 0 atom stereocenters. The predicted octanol–water partition coefficient (Wildman–Crippen LogP) is 4.43. The average Bonchev–Trinajstić information content (AvgIpc) is 2.42. The first kappa shape index (κ1) is 15.1. The number of halogens is 3. The SMILES string of the molecule is CNCc1cc(Cl)ccc1OCc1cc(Cl)ccc1F. The molecule has 2 rings (SSSR count). The molecule has 0 aliphatic carbocycles.